The Morgan fingerprint density at radius 3 is 2.41 bits per heavy atom. The number of methoxy groups -OCH3 is 2. The van der Waals surface area contributed by atoms with Crippen LogP contribution in [0.25, 0.3) is 0 Å². The van der Waals surface area contributed by atoms with E-state index in [9.17, 15) is 9.59 Å². The number of amides is 1. The zero-order valence-corrected chi connectivity index (χ0v) is 13.9. The normalized spacial score (nSPS) is 11.9. The van der Waals surface area contributed by atoms with Crippen molar-refractivity contribution in [1.82, 2.24) is 5.32 Å². The van der Waals surface area contributed by atoms with E-state index in [0.29, 0.717) is 6.42 Å². The van der Waals surface area contributed by atoms with Gasteiger partial charge < -0.3 is 14.8 Å². The summed E-state index contributed by atoms with van der Waals surface area (Å²) in [7, 11) is 2.93. The molecule has 1 N–H and O–H groups in total. The van der Waals surface area contributed by atoms with Crippen molar-refractivity contribution >= 4 is 11.9 Å². The van der Waals surface area contributed by atoms with E-state index < -0.39 is 12.0 Å². The molecule has 0 aromatic heterocycles. The molecule has 122 valence electrons. The maximum Gasteiger partial charge on any atom is 0.328 e. The van der Waals surface area contributed by atoms with E-state index in [0.717, 1.165) is 16.9 Å². The first-order valence-electron chi connectivity index (χ1n) is 7.38. The van der Waals surface area contributed by atoms with E-state index in [1.165, 1.54) is 7.11 Å². The third kappa shape index (κ3) is 5.39. The van der Waals surface area contributed by atoms with Crippen LogP contribution in [0.1, 0.15) is 31.4 Å². The first-order chi connectivity index (χ1) is 10.4. The molecule has 0 radical (unpaired) electrons. The van der Waals surface area contributed by atoms with E-state index in [1.807, 2.05) is 39.0 Å². The van der Waals surface area contributed by atoms with Crippen molar-refractivity contribution in [2.75, 3.05) is 14.2 Å². The molecule has 0 unspecified atom stereocenters. The highest BCUT2D eigenvalue weighted by atomic mass is 16.5. The molecule has 22 heavy (non-hydrogen) atoms. The molecule has 0 aliphatic heterocycles. The summed E-state index contributed by atoms with van der Waals surface area (Å²) in [4.78, 5) is 23.9. The molecule has 5 nitrogen and oxygen atoms in total. The maximum absolute atomic E-state index is 12.2. The van der Waals surface area contributed by atoms with Gasteiger partial charge in [0, 0.05) is 0 Å². The molecule has 0 spiro atoms. The Bertz CT molecular complexity index is 525. The Kier molecular flexibility index (Phi) is 6.89. The number of hydrogen-bond acceptors (Lipinski definition) is 4. The van der Waals surface area contributed by atoms with Crippen LogP contribution >= 0.6 is 0 Å². The summed E-state index contributed by atoms with van der Waals surface area (Å²) in [6.07, 6.45) is 0.779. The van der Waals surface area contributed by atoms with Gasteiger partial charge in [0.05, 0.1) is 20.6 Å². The molecular weight excluding hydrogens is 282 g/mol. The highest BCUT2D eigenvalue weighted by Crippen LogP contribution is 2.17. The first-order valence-corrected chi connectivity index (χ1v) is 7.38. The van der Waals surface area contributed by atoms with Gasteiger partial charge in [-0.15, -0.1) is 0 Å². The molecule has 0 saturated heterocycles. The summed E-state index contributed by atoms with van der Waals surface area (Å²) in [5.74, 6) is 0.443. The van der Waals surface area contributed by atoms with Crippen molar-refractivity contribution in [1.29, 1.82) is 0 Å². The summed E-state index contributed by atoms with van der Waals surface area (Å²) >= 11 is 0. The molecule has 1 aromatic rings. The van der Waals surface area contributed by atoms with E-state index in [4.69, 9.17) is 9.47 Å². The topological polar surface area (TPSA) is 64.6 Å². The standard InChI is InChI=1S/C17H25NO4/c1-11(2)8-15(17(20)22-5)18-16(19)10-13-6-7-14(21-4)9-12(13)3/h6-7,9,11,15H,8,10H2,1-5H3,(H,18,19)/t15-/m0/s1. The number of carbonyl (C=O) groups is 2. The van der Waals surface area contributed by atoms with E-state index in [-0.39, 0.29) is 18.2 Å². The molecule has 1 aromatic carbocycles. The van der Waals surface area contributed by atoms with E-state index in [1.54, 1.807) is 7.11 Å². The molecule has 0 bridgehead atoms. The van der Waals surface area contributed by atoms with Gasteiger partial charge in [0.1, 0.15) is 11.8 Å². The molecule has 0 aliphatic carbocycles. The molecule has 0 fully saturated rings. The second kappa shape index (κ2) is 8.41. The largest absolute Gasteiger partial charge is 0.497 e. The first kappa shape index (κ1) is 18.0. The number of carbonyl (C=O) groups excluding carboxylic acids is 2. The molecule has 0 saturated carbocycles. The zero-order chi connectivity index (χ0) is 16.7. The smallest absolute Gasteiger partial charge is 0.328 e. The van der Waals surface area contributed by atoms with Crippen molar-refractivity contribution in [3.8, 4) is 5.75 Å². The van der Waals surface area contributed by atoms with Crippen LogP contribution in [0.5, 0.6) is 5.75 Å². The minimum Gasteiger partial charge on any atom is -0.497 e. The number of ether oxygens (including phenoxy) is 2. The summed E-state index contributed by atoms with van der Waals surface area (Å²) < 4.78 is 9.90. The lowest BCUT2D eigenvalue weighted by atomic mass is 10.0. The van der Waals surface area contributed by atoms with Crippen LogP contribution in [0.4, 0.5) is 0 Å². The SMILES string of the molecule is COC(=O)[C@H](CC(C)C)NC(=O)Cc1ccc(OC)cc1C. The summed E-state index contributed by atoms with van der Waals surface area (Å²) in [5, 5.41) is 2.76. The van der Waals surface area contributed by atoms with Crippen LogP contribution in [0.2, 0.25) is 0 Å². The van der Waals surface area contributed by atoms with Gasteiger partial charge in [-0.3, -0.25) is 4.79 Å². The Labute approximate surface area is 132 Å². The molecule has 1 atom stereocenters. The van der Waals surface area contributed by atoms with Crippen molar-refractivity contribution in [3.63, 3.8) is 0 Å². The second-order valence-electron chi connectivity index (χ2n) is 5.74. The van der Waals surface area contributed by atoms with Gasteiger partial charge >= 0.3 is 5.97 Å². The van der Waals surface area contributed by atoms with Gasteiger partial charge in [-0.05, 0) is 42.5 Å². The lowest BCUT2D eigenvalue weighted by Crippen LogP contribution is -2.43. The number of esters is 1. The Morgan fingerprint density at radius 1 is 1.23 bits per heavy atom. The Morgan fingerprint density at radius 2 is 1.91 bits per heavy atom. The monoisotopic (exact) mass is 307 g/mol. The van der Waals surface area contributed by atoms with Crippen molar-refractivity contribution in [3.05, 3.63) is 29.3 Å². The predicted octanol–water partition coefficient (Wildman–Crippen LogP) is 2.25. The molecule has 5 heteroatoms. The zero-order valence-electron chi connectivity index (χ0n) is 13.9. The number of rotatable bonds is 7. The minimum atomic E-state index is -0.601. The maximum atomic E-state index is 12.2. The fourth-order valence-electron chi connectivity index (χ4n) is 2.24. The lowest BCUT2D eigenvalue weighted by Gasteiger charge is -2.18. The van der Waals surface area contributed by atoms with Crippen LogP contribution in [-0.4, -0.2) is 32.1 Å². The third-order valence-electron chi connectivity index (χ3n) is 3.43. The van der Waals surface area contributed by atoms with Crippen LogP contribution in [0.15, 0.2) is 18.2 Å². The van der Waals surface area contributed by atoms with Gasteiger partial charge in [0.15, 0.2) is 0 Å². The summed E-state index contributed by atoms with van der Waals surface area (Å²) in [5.41, 5.74) is 1.89. The van der Waals surface area contributed by atoms with E-state index in [2.05, 4.69) is 5.32 Å². The van der Waals surface area contributed by atoms with Crippen molar-refractivity contribution in [2.24, 2.45) is 5.92 Å². The van der Waals surface area contributed by atoms with Gasteiger partial charge in [-0.25, -0.2) is 4.79 Å². The van der Waals surface area contributed by atoms with Crippen LogP contribution < -0.4 is 10.1 Å². The number of hydrogen-bond donors (Lipinski definition) is 1. The summed E-state index contributed by atoms with van der Waals surface area (Å²) in [6, 6.07) is 4.97. The molecular formula is C17H25NO4. The second-order valence-corrected chi connectivity index (χ2v) is 5.74. The highest BCUT2D eigenvalue weighted by Gasteiger charge is 2.22. The van der Waals surface area contributed by atoms with Gasteiger partial charge in [-0.1, -0.05) is 19.9 Å². The quantitative estimate of drug-likeness (QED) is 0.785. The Balaban J connectivity index is 2.72. The number of nitrogens with one attached hydrogen (secondary N) is 1. The highest BCUT2D eigenvalue weighted by molar-refractivity contribution is 5.85. The van der Waals surface area contributed by atoms with Crippen LogP contribution in [0.3, 0.4) is 0 Å². The summed E-state index contributed by atoms with van der Waals surface area (Å²) in [6.45, 7) is 5.92. The molecule has 0 heterocycles. The molecule has 1 amide bonds. The molecule has 1 rings (SSSR count). The van der Waals surface area contributed by atoms with Crippen molar-refractivity contribution in [2.45, 2.75) is 39.7 Å². The number of aryl methyl sites for hydroxylation is 1. The minimum absolute atomic E-state index is 0.190. The van der Waals surface area contributed by atoms with Crippen LogP contribution in [0, 0.1) is 12.8 Å². The van der Waals surface area contributed by atoms with Crippen LogP contribution in [-0.2, 0) is 20.7 Å². The molecule has 0 aliphatic rings. The van der Waals surface area contributed by atoms with Gasteiger partial charge in [0.25, 0.3) is 0 Å². The van der Waals surface area contributed by atoms with Gasteiger partial charge in [-0.2, -0.15) is 0 Å². The van der Waals surface area contributed by atoms with Crippen molar-refractivity contribution < 1.29 is 19.1 Å². The fourth-order valence-corrected chi connectivity index (χ4v) is 2.24. The average molecular weight is 307 g/mol. The lowest BCUT2D eigenvalue weighted by molar-refractivity contribution is -0.145. The van der Waals surface area contributed by atoms with E-state index >= 15 is 0 Å². The predicted molar refractivity (Wildman–Crippen MR) is 84.8 cm³/mol. The average Bonchev–Trinajstić information content (AvgIpc) is 2.47. The third-order valence-corrected chi connectivity index (χ3v) is 3.43. The fraction of sp³-hybridized carbons (Fsp3) is 0.529. The Hall–Kier alpha value is -2.04. The number of benzene rings is 1. The van der Waals surface area contributed by atoms with Gasteiger partial charge in [0.2, 0.25) is 5.91 Å².